The highest BCUT2D eigenvalue weighted by Gasteiger charge is 2.29. The van der Waals surface area contributed by atoms with Gasteiger partial charge in [0.15, 0.2) is 0 Å². The molecule has 1 aromatic carbocycles. The lowest BCUT2D eigenvalue weighted by Gasteiger charge is -2.30. The fraction of sp³-hybridized carbons (Fsp3) is 0.500. The molecule has 0 saturated heterocycles. The summed E-state index contributed by atoms with van der Waals surface area (Å²) >= 11 is 0. The number of aliphatic hydroxyl groups is 1. The average Bonchev–Trinajstić information content (AvgIpc) is 2.29. The first-order valence-corrected chi connectivity index (χ1v) is 6.14. The number of carbonyl (C=O) groups is 1. The van der Waals surface area contributed by atoms with Crippen molar-refractivity contribution < 1.29 is 15.0 Å². The molecule has 0 fully saturated rings. The summed E-state index contributed by atoms with van der Waals surface area (Å²) in [6.07, 6.45) is -1.35. The summed E-state index contributed by atoms with van der Waals surface area (Å²) in [7, 11) is 0. The van der Waals surface area contributed by atoms with E-state index >= 15 is 0 Å². The van der Waals surface area contributed by atoms with Gasteiger partial charge >= 0.3 is 5.97 Å². The van der Waals surface area contributed by atoms with Crippen LogP contribution in [0.3, 0.4) is 0 Å². The molecular weight excluding hydrogens is 230 g/mol. The molecule has 4 heteroatoms. The Morgan fingerprint density at radius 3 is 2.28 bits per heavy atom. The van der Waals surface area contributed by atoms with Gasteiger partial charge in [0.05, 0.1) is 12.5 Å². The fourth-order valence-corrected chi connectivity index (χ4v) is 2.28. The van der Waals surface area contributed by atoms with Crippen LogP contribution in [-0.4, -0.2) is 28.3 Å². The highest BCUT2D eigenvalue weighted by molar-refractivity contribution is 5.67. The summed E-state index contributed by atoms with van der Waals surface area (Å²) in [5.74, 6) is -0.861. The van der Waals surface area contributed by atoms with E-state index in [1.165, 1.54) is 0 Å². The summed E-state index contributed by atoms with van der Waals surface area (Å²) in [5, 5.41) is 18.6. The first-order chi connectivity index (χ1) is 8.43. The standard InChI is InChI=1S/C14H21NO3/c1-9(2)13(10-6-4-3-5-7-10)14(15)11(16)8-12(17)18/h3-7,9,11,13-14,16H,8,15H2,1-2H3,(H,17,18). The average molecular weight is 251 g/mol. The molecule has 0 aliphatic heterocycles. The molecule has 1 aromatic rings. The Balaban J connectivity index is 2.89. The molecule has 0 aliphatic rings. The molecule has 0 amide bonds. The largest absolute Gasteiger partial charge is 0.481 e. The van der Waals surface area contributed by atoms with Gasteiger partial charge in [-0.05, 0) is 11.5 Å². The van der Waals surface area contributed by atoms with E-state index in [0.717, 1.165) is 5.56 Å². The maximum atomic E-state index is 10.6. The summed E-state index contributed by atoms with van der Waals surface area (Å²) < 4.78 is 0. The SMILES string of the molecule is CC(C)C(c1ccccc1)C(N)C(O)CC(=O)O. The monoisotopic (exact) mass is 251 g/mol. The van der Waals surface area contributed by atoms with Crippen molar-refractivity contribution in [3.8, 4) is 0 Å². The van der Waals surface area contributed by atoms with E-state index in [1.54, 1.807) is 0 Å². The van der Waals surface area contributed by atoms with Gasteiger partial charge in [-0.15, -0.1) is 0 Å². The van der Waals surface area contributed by atoms with Crippen LogP contribution in [-0.2, 0) is 4.79 Å². The molecule has 0 radical (unpaired) electrons. The van der Waals surface area contributed by atoms with Gasteiger partial charge < -0.3 is 15.9 Å². The van der Waals surface area contributed by atoms with Crippen molar-refractivity contribution >= 4 is 5.97 Å². The molecule has 0 bridgehead atoms. The number of benzene rings is 1. The second kappa shape index (κ2) is 6.52. The van der Waals surface area contributed by atoms with Crippen molar-refractivity contribution in [1.82, 2.24) is 0 Å². The number of rotatable bonds is 6. The minimum atomic E-state index is -1.03. The maximum absolute atomic E-state index is 10.6. The van der Waals surface area contributed by atoms with Crippen LogP contribution < -0.4 is 5.73 Å². The van der Waals surface area contributed by atoms with Crippen molar-refractivity contribution in [3.05, 3.63) is 35.9 Å². The molecule has 0 saturated carbocycles. The van der Waals surface area contributed by atoms with E-state index in [2.05, 4.69) is 0 Å². The van der Waals surface area contributed by atoms with Gasteiger partial charge in [0.2, 0.25) is 0 Å². The predicted molar refractivity (Wildman–Crippen MR) is 70.3 cm³/mol. The van der Waals surface area contributed by atoms with E-state index < -0.39 is 18.1 Å². The van der Waals surface area contributed by atoms with Crippen molar-refractivity contribution in [2.24, 2.45) is 11.7 Å². The molecule has 18 heavy (non-hydrogen) atoms. The number of aliphatic hydroxyl groups excluding tert-OH is 1. The Kier molecular flexibility index (Phi) is 5.31. The van der Waals surface area contributed by atoms with Crippen LogP contribution >= 0.6 is 0 Å². The third-order valence-corrected chi connectivity index (χ3v) is 3.15. The number of carboxylic acids is 1. The van der Waals surface area contributed by atoms with Crippen molar-refractivity contribution in [2.45, 2.75) is 38.3 Å². The van der Waals surface area contributed by atoms with Crippen LogP contribution in [0.25, 0.3) is 0 Å². The number of aliphatic carboxylic acids is 1. The van der Waals surface area contributed by atoms with Crippen molar-refractivity contribution in [3.63, 3.8) is 0 Å². The van der Waals surface area contributed by atoms with E-state index in [-0.39, 0.29) is 18.3 Å². The second-order valence-corrected chi connectivity index (χ2v) is 4.92. The second-order valence-electron chi connectivity index (χ2n) is 4.92. The van der Waals surface area contributed by atoms with E-state index in [4.69, 9.17) is 10.8 Å². The molecular formula is C14H21NO3. The molecule has 3 atom stereocenters. The molecule has 4 N–H and O–H groups in total. The van der Waals surface area contributed by atoms with Gasteiger partial charge in [-0.25, -0.2) is 0 Å². The van der Waals surface area contributed by atoms with Crippen LogP contribution in [0, 0.1) is 5.92 Å². The third kappa shape index (κ3) is 3.82. The Hall–Kier alpha value is -1.39. The van der Waals surface area contributed by atoms with E-state index in [0.29, 0.717) is 0 Å². The summed E-state index contributed by atoms with van der Waals surface area (Å²) in [6, 6.07) is 9.08. The zero-order valence-corrected chi connectivity index (χ0v) is 10.8. The van der Waals surface area contributed by atoms with Gasteiger partial charge in [-0.3, -0.25) is 4.79 Å². The Morgan fingerprint density at radius 2 is 1.83 bits per heavy atom. The zero-order chi connectivity index (χ0) is 13.7. The van der Waals surface area contributed by atoms with Gasteiger partial charge in [0, 0.05) is 12.0 Å². The number of hydrogen-bond acceptors (Lipinski definition) is 3. The smallest absolute Gasteiger partial charge is 0.306 e. The molecule has 4 nitrogen and oxygen atoms in total. The highest BCUT2D eigenvalue weighted by Crippen LogP contribution is 2.29. The number of nitrogens with two attached hydrogens (primary N) is 1. The Labute approximate surface area is 107 Å². The van der Waals surface area contributed by atoms with Crippen molar-refractivity contribution in [1.29, 1.82) is 0 Å². The van der Waals surface area contributed by atoms with Crippen LogP contribution in [0.15, 0.2) is 30.3 Å². The quantitative estimate of drug-likeness (QED) is 0.717. The van der Waals surface area contributed by atoms with Crippen LogP contribution in [0.5, 0.6) is 0 Å². The van der Waals surface area contributed by atoms with Gasteiger partial charge in [-0.2, -0.15) is 0 Å². The lowest BCUT2D eigenvalue weighted by atomic mass is 9.80. The van der Waals surface area contributed by atoms with Gasteiger partial charge in [0.1, 0.15) is 0 Å². The fourth-order valence-electron chi connectivity index (χ4n) is 2.28. The highest BCUT2D eigenvalue weighted by atomic mass is 16.4. The molecule has 100 valence electrons. The van der Waals surface area contributed by atoms with Crippen LogP contribution in [0.2, 0.25) is 0 Å². The third-order valence-electron chi connectivity index (χ3n) is 3.15. The minimum Gasteiger partial charge on any atom is -0.481 e. The van der Waals surface area contributed by atoms with Crippen LogP contribution in [0.4, 0.5) is 0 Å². The normalized spacial score (nSPS) is 16.3. The van der Waals surface area contributed by atoms with Crippen LogP contribution in [0.1, 0.15) is 31.7 Å². The summed E-state index contributed by atoms with van der Waals surface area (Å²) in [5.41, 5.74) is 7.06. The molecule has 1 rings (SSSR count). The maximum Gasteiger partial charge on any atom is 0.306 e. The predicted octanol–water partition coefficient (Wildman–Crippen LogP) is 1.59. The topological polar surface area (TPSA) is 83.5 Å². The number of carboxylic acid groups (broad SMARTS) is 1. The Morgan fingerprint density at radius 1 is 1.28 bits per heavy atom. The first kappa shape index (κ1) is 14.7. The lowest BCUT2D eigenvalue weighted by Crippen LogP contribution is -2.43. The van der Waals surface area contributed by atoms with Gasteiger partial charge in [0.25, 0.3) is 0 Å². The molecule has 0 spiro atoms. The molecule has 0 aliphatic carbocycles. The summed E-state index contributed by atoms with van der Waals surface area (Å²) in [6.45, 7) is 4.04. The minimum absolute atomic E-state index is 0.0550. The van der Waals surface area contributed by atoms with Crippen molar-refractivity contribution in [2.75, 3.05) is 0 Å². The van der Waals surface area contributed by atoms with E-state index in [1.807, 2.05) is 44.2 Å². The van der Waals surface area contributed by atoms with E-state index in [9.17, 15) is 9.90 Å². The van der Waals surface area contributed by atoms with Gasteiger partial charge in [-0.1, -0.05) is 44.2 Å². The number of hydrogen-bond donors (Lipinski definition) is 3. The Bertz CT molecular complexity index is 378. The zero-order valence-electron chi connectivity index (χ0n) is 10.8. The first-order valence-electron chi connectivity index (χ1n) is 6.14. The molecule has 0 heterocycles. The molecule has 0 aromatic heterocycles. The molecule has 3 unspecified atom stereocenters. The lowest BCUT2D eigenvalue weighted by molar-refractivity contribution is -0.139. The summed E-state index contributed by atoms with van der Waals surface area (Å²) in [4.78, 5) is 10.6.